The minimum atomic E-state index is 0.554. The zero-order valence-corrected chi connectivity index (χ0v) is 7.04. The molecule has 0 bridgehead atoms. The van der Waals surface area contributed by atoms with E-state index in [0.717, 1.165) is 12.2 Å². The first kappa shape index (κ1) is 8.78. The maximum absolute atomic E-state index is 10.2. The third-order valence-electron chi connectivity index (χ3n) is 1.45. The van der Waals surface area contributed by atoms with Gasteiger partial charge in [0.05, 0.1) is 6.61 Å². The molecular formula is C10H11O2. The molecule has 0 fully saturated rings. The minimum absolute atomic E-state index is 0.554. The van der Waals surface area contributed by atoms with E-state index in [-0.39, 0.29) is 0 Å². The van der Waals surface area contributed by atoms with Crippen LogP contribution in [-0.4, -0.2) is 12.9 Å². The Hall–Kier alpha value is -1.31. The molecule has 0 amide bonds. The highest BCUT2D eigenvalue weighted by Gasteiger charge is 1.93. The molecule has 1 radical (unpaired) electrons. The molecule has 1 aromatic rings. The van der Waals surface area contributed by atoms with Gasteiger partial charge in [-0.15, -0.1) is 0 Å². The maximum atomic E-state index is 10.2. The molecule has 0 saturated carbocycles. The van der Waals surface area contributed by atoms with Crippen molar-refractivity contribution in [2.45, 2.75) is 13.3 Å². The summed E-state index contributed by atoms with van der Waals surface area (Å²) in [6, 6.07) is 6.93. The van der Waals surface area contributed by atoms with E-state index in [1.807, 2.05) is 6.92 Å². The zero-order chi connectivity index (χ0) is 8.81. The highest BCUT2D eigenvalue weighted by atomic mass is 16.5. The van der Waals surface area contributed by atoms with Gasteiger partial charge in [-0.1, -0.05) is 6.92 Å². The van der Waals surface area contributed by atoms with Crippen molar-refractivity contribution in [3.05, 3.63) is 29.8 Å². The number of hydrogen-bond donors (Lipinski definition) is 0. The highest BCUT2D eigenvalue weighted by molar-refractivity contribution is 5.75. The van der Waals surface area contributed by atoms with E-state index in [1.54, 1.807) is 30.6 Å². The molecule has 0 spiro atoms. The average molecular weight is 163 g/mol. The van der Waals surface area contributed by atoms with Crippen molar-refractivity contribution in [3.63, 3.8) is 0 Å². The van der Waals surface area contributed by atoms with Crippen LogP contribution in [0.5, 0.6) is 5.75 Å². The molecular weight excluding hydrogens is 152 g/mol. The summed E-state index contributed by atoms with van der Waals surface area (Å²) in [5.41, 5.74) is 0.554. The second kappa shape index (κ2) is 4.54. The quantitative estimate of drug-likeness (QED) is 0.678. The SMILES string of the molecule is CCCOc1ccc([C]=O)cc1. The molecule has 1 rings (SSSR count). The van der Waals surface area contributed by atoms with Gasteiger partial charge in [0.25, 0.3) is 0 Å². The summed E-state index contributed by atoms with van der Waals surface area (Å²) in [7, 11) is 0. The van der Waals surface area contributed by atoms with E-state index in [2.05, 4.69) is 0 Å². The monoisotopic (exact) mass is 163 g/mol. The summed E-state index contributed by atoms with van der Waals surface area (Å²) in [5.74, 6) is 0.802. The van der Waals surface area contributed by atoms with Crippen LogP contribution in [0.4, 0.5) is 0 Å². The number of carbonyl (C=O) groups excluding carboxylic acids is 1. The molecule has 12 heavy (non-hydrogen) atoms. The summed E-state index contributed by atoms with van der Waals surface area (Å²) in [4.78, 5) is 10.2. The van der Waals surface area contributed by atoms with Gasteiger partial charge in [-0.2, -0.15) is 0 Å². The summed E-state index contributed by atoms with van der Waals surface area (Å²) >= 11 is 0. The van der Waals surface area contributed by atoms with Crippen LogP contribution < -0.4 is 4.74 Å². The molecule has 63 valence electrons. The molecule has 0 aliphatic rings. The van der Waals surface area contributed by atoms with Crippen molar-refractivity contribution < 1.29 is 9.53 Å². The second-order valence-electron chi connectivity index (χ2n) is 2.47. The van der Waals surface area contributed by atoms with Gasteiger partial charge in [0.2, 0.25) is 6.29 Å². The first-order valence-electron chi connectivity index (χ1n) is 3.98. The summed E-state index contributed by atoms with van der Waals surface area (Å²) in [5, 5.41) is 0. The van der Waals surface area contributed by atoms with Gasteiger partial charge in [-0.05, 0) is 30.7 Å². The average Bonchev–Trinajstić information content (AvgIpc) is 2.15. The predicted molar refractivity (Wildman–Crippen MR) is 47.0 cm³/mol. The fourth-order valence-electron chi connectivity index (χ4n) is 0.839. The Morgan fingerprint density at radius 3 is 2.50 bits per heavy atom. The van der Waals surface area contributed by atoms with Crippen LogP contribution in [0.2, 0.25) is 0 Å². The summed E-state index contributed by atoms with van der Waals surface area (Å²) < 4.78 is 5.32. The number of benzene rings is 1. The van der Waals surface area contributed by atoms with Crippen molar-refractivity contribution in [2.24, 2.45) is 0 Å². The van der Waals surface area contributed by atoms with Gasteiger partial charge in [-0.3, -0.25) is 4.79 Å². The van der Waals surface area contributed by atoms with Crippen LogP contribution in [0.1, 0.15) is 18.9 Å². The Labute approximate surface area is 72.2 Å². The molecule has 0 aliphatic heterocycles. The summed E-state index contributed by atoms with van der Waals surface area (Å²) in [6.07, 6.45) is 2.79. The van der Waals surface area contributed by atoms with Crippen molar-refractivity contribution in [3.8, 4) is 5.75 Å². The van der Waals surface area contributed by atoms with Crippen molar-refractivity contribution in [1.29, 1.82) is 0 Å². The van der Waals surface area contributed by atoms with Gasteiger partial charge >= 0.3 is 0 Å². The van der Waals surface area contributed by atoms with Gasteiger partial charge in [0.15, 0.2) is 0 Å². The van der Waals surface area contributed by atoms with Crippen LogP contribution in [-0.2, 0) is 4.79 Å². The normalized spacial score (nSPS) is 9.42. The Morgan fingerprint density at radius 1 is 1.33 bits per heavy atom. The Morgan fingerprint density at radius 2 is 2.00 bits per heavy atom. The minimum Gasteiger partial charge on any atom is -0.494 e. The number of ether oxygens (including phenoxy) is 1. The molecule has 0 heterocycles. The molecule has 1 aromatic carbocycles. The first-order valence-corrected chi connectivity index (χ1v) is 3.98. The van der Waals surface area contributed by atoms with Crippen LogP contribution in [0.25, 0.3) is 0 Å². The maximum Gasteiger partial charge on any atom is 0.233 e. The molecule has 2 nitrogen and oxygen atoms in total. The lowest BCUT2D eigenvalue weighted by Crippen LogP contribution is -1.94. The van der Waals surface area contributed by atoms with E-state index in [4.69, 9.17) is 4.74 Å². The Bertz CT molecular complexity index is 239. The number of hydrogen-bond acceptors (Lipinski definition) is 2. The third kappa shape index (κ3) is 2.38. The topological polar surface area (TPSA) is 26.3 Å². The van der Waals surface area contributed by atoms with E-state index in [1.165, 1.54) is 0 Å². The predicted octanol–water partition coefficient (Wildman–Crippen LogP) is 1.93. The van der Waals surface area contributed by atoms with Crippen LogP contribution in [0.15, 0.2) is 24.3 Å². The zero-order valence-electron chi connectivity index (χ0n) is 7.04. The van der Waals surface area contributed by atoms with Gasteiger partial charge in [0.1, 0.15) is 5.75 Å². The highest BCUT2D eigenvalue weighted by Crippen LogP contribution is 2.10. The molecule has 0 unspecified atom stereocenters. The lowest BCUT2D eigenvalue weighted by atomic mass is 10.2. The van der Waals surface area contributed by atoms with E-state index in [9.17, 15) is 4.79 Å². The fourth-order valence-corrected chi connectivity index (χ4v) is 0.839. The standard InChI is InChI=1S/C10H11O2/c1-2-7-12-10-5-3-9(8-11)4-6-10/h3-6H,2,7H2,1H3. The molecule has 0 atom stereocenters. The largest absolute Gasteiger partial charge is 0.494 e. The van der Waals surface area contributed by atoms with Gasteiger partial charge < -0.3 is 4.74 Å². The molecule has 0 aromatic heterocycles. The third-order valence-corrected chi connectivity index (χ3v) is 1.45. The van der Waals surface area contributed by atoms with Crippen molar-refractivity contribution in [2.75, 3.05) is 6.61 Å². The van der Waals surface area contributed by atoms with Crippen LogP contribution in [0.3, 0.4) is 0 Å². The number of rotatable bonds is 4. The van der Waals surface area contributed by atoms with E-state index < -0.39 is 0 Å². The van der Waals surface area contributed by atoms with Gasteiger partial charge in [-0.25, -0.2) is 0 Å². The van der Waals surface area contributed by atoms with E-state index >= 15 is 0 Å². The van der Waals surface area contributed by atoms with Crippen LogP contribution >= 0.6 is 0 Å². The molecule has 2 heteroatoms. The van der Waals surface area contributed by atoms with Crippen molar-refractivity contribution >= 4 is 6.29 Å². The second-order valence-corrected chi connectivity index (χ2v) is 2.47. The lowest BCUT2D eigenvalue weighted by molar-refractivity contribution is 0.317. The molecule has 0 saturated heterocycles. The summed E-state index contributed by atoms with van der Waals surface area (Å²) in [6.45, 7) is 2.76. The fraction of sp³-hybridized carbons (Fsp3) is 0.300. The van der Waals surface area contributed by atoms with Crippen LogP contribution in [0, 0.1) is 0 Å². The molecule has 0 aliphatic carbocycles. The smallest absolute Gasteiger partial charge is 0.233 e. The van der Waals surface area contributed by atoms with Gasteiger partial charge in [0, 0.05) is 5.56 Å². The molecule has 0 N–H and O–H groups in total. The first-order chi connectivity index (χ1) is 5.86. The Kier molecular flexibility index (Phi) is 3.33. The Balaban J connectivity index is 2.58. The van der Waals surface area contributed by atoms with E-state index in [0.29, 0.717) is 12.2 Å². The van der Waals surface area contributed by atoms with Crippen molar-refractivity contribution in [1.82, 2.24) is 0 Å². The lowest BCUT2D eigenvalue weighted by Gasteiger charge is -2.02.